The number of oxime groups is 1. The highest BCUT2D eigenvalue weighted by Gasteiger charge is 2.07. The van der Waals surface area contributed by atoms with Gasteiger partial charge in [-0.1, -0.05) is 46.7 Å². The van der Waals surface area contributed by atoms with Crippen molar-refractivity contribution in [3.8, 4) is 11.3 Å². The van der Waals surface area contributed by atoms with Crippen LogP contribution < -0.4 is 5.73 Å². The van der Waals surface area contributed by atoms with Crippen molar-refractivity contribution in [2.45, 2.75) is 6.61 Å². The van der Waals surface area contributed by atoms with E-state index in [4.69, 9.17) is 15.1 Å². The van der Waals surface area contributed by atoms with Crippen molar-refractivity contribution in [2.24, 2.45) is 10.9 Å². The second-order valence-electron chi connectivity index (χ2n) is 4.27. The first-order valence-corrected chi connectivity index (χ1v) is 7.21. The number of nitrogens with zero attached hydrogens (tertiary/aromatic N) is 2. The van der Waals surface area contributed by atoms with Gasteiger partial charge < -0.3 is 15.1 Å². The van der Waals surface area contributed by atoms with Crippen molar-refractivity contribution in [2.75, 3.05) is 0 Å². The van der Waals surface area contributed by atoms with E-state index in [1.165, 1.54) is 11.3 Å². The van der Waals surface area contributed by atoms with Crippen molar-refractivity contribution in [1.29, 1.82) is 0 Å². The molecule has 0 bridgehead atoms. The van der Waals surface area contributed by atoms with Gasteiger partial charge in [0.25, 0.3) is 0 Å². The first-order valence-electron chi connectivity index (χ1n) is 6.33. The highest BCUT2D eigenvalue weighted by Crippen LogP contribution is 2.19. The molecule has 0 amide bonds. The maximum Gasteiger partial charge on any atom is 0.180 e. The minimum Gasteiger partial charge on any atom is -0.386 e. The normalized spacial score (nSPS) is 11.5. The van der Waals surface area contributed by atoms with E-state index in [-0.39, 0.29) is 6.61 Å². The standard InChI is InChI=1S/C15H13N3O2S/c16-15(14-7-4-8-21-14)18-19-10-12-9-13(17-20-12)11-5-2-1-3-6-11/h1-9H,10H2,(H2,16,18). The van der Waals surface area contributed by atoms with E-state index >= 15 is 0 Å². The summed E-state index contributed by atoms with van der Waals surface area (Å²) in [7, 11) is 0. The van der Waals surface area contributed by atoms with Crippen LogP contribution in [-0.4, -0.2) is 11.0 Å². The Labute approximate surface area is 125 Å². The van der Waals surface area contributed by atoms with Gasteiger partial charge in [-0.15, -0.1) is 11.3 Å². The zero-order valence-corrected chi connectivity index (χ0v) is 11.9. The lowest BCUT2D eigenvalue weighted by Gasteiger charge is -1.97. The number of aromatic nitrogens is 1. The molecule has 3 aromatic rings. The van der Waals surface area contributed by atoms with Crippen LogP contribution in [0.1, 0.15) is 10.6 Å². The lowest BCUT2D eigenvalue weighted by atomic mass is 10.1. The minimum absolute atomic E-state index is 0.186. The molecule has 0 unspecified atom stereocenters. The molecule has 1 aromatic carbocycles. The maximum absolute atomic E-state index is 5.79. The van der Waals surface area contributed by atoms with Crippen LogP contribution in [0.25, 0.3) is 11.3 Å². The number of nitrogens with two attached hydrogens (primary N) is 1. The summed E-state index contributed by atoms with van der Waals surface area (Å²) in [6.45, 7) is 0.186. The summed E-state index contributed by atoms with van der Waals surface area (Å²) in [5.74, 6) is 0.949. The Kier molecular flexibility index (Phi) is 3.97. The van der Waals surface area contributed by atoms with Crippen molar-refractivity contribution in [3.63, 3.8) is 0 Å². The number of benzene rings is 1. The summed E-state index contributed by atoms with van der Waals surface area (Å²) >= 11 is 1.51. The molecule has 0 aliphatic heterocycles. The van der Waals surface area contributed by atoms with Gasteiger partial charge >= 0.3 is 0 Å². The Hall–Kier alpha value is -2.60. The quantitative estimate of drug-likeness (QED) is 0.446. The maximum atomic E-state index is 5.79. The molecule has 2 N–H and O–H groups in total. The van der Waals surface area contributed by atoms with Gasteiger partial charge in [-0.05, 0) is 11.4 Å². The average molecular weight is 299 g/mol. The third-order valence-corrected chi connectivity index (χ3v) is 3.66. The fraction of sp³-hybridized carbons (Fsp3) is 0.0667. The van der Waals surface area contributed by atoms with Crippen LogP contribution in [0.4, 0.5) is 0 Å². The van der Waals surface area contributed by atoms with Gasteiger partial charge in [0.05, 0.1) is 4.88 Å². The molecular weight excluding hydrogens is 286 g/mol. The summed E-state index contributed by atoms with van der Waals surface area (Å²) < 4.78 is 5.21. The Morgan fingerprint density at radius 3 is 2.86 bits per heavy atom. The molecule has 6 heteroatoms. The van der Waals surface area contributed by atoms with Gasteiger partial charge in [0.1, 0.15) is 5.69 Å². The van der Waals surface area contributed by atoms with Crippen molar-refractivity contribution >= 4 is 17.2 Å². The molecule has 2 aromatic heterocycles. The van der Waals surface area contributed by atoms with Crippen molar-refractivity contribution in [1.82, 2.24) is 5.16 Å². The summed E-state index contributed by atoms with van der Waals surface area (Å²) in [5, 5.41) is 9.79. The molecular formula is C15H13N3O2S. The Balaban J connectivity index is 1.62. The first kappa shape index (κ1) is 13.4. The van der Waals surface area contributed by atoms with Crippen molar-refractivity contribution < 1.29 is 9.36 Å². The van der Waals surface area contributed by atoms with Crippen LogP contribution >= 0.6 is 11.3 Å². The SMILES string of the molecule is NC(=NOCc1cc(-c2ccccc2)no1)c1cccs1. The molecule has 2 heterocycles. The molecule has 106 valence electrons. The molecule has 0 atom stereocenters. The predicted molar refractivity (Wildman–Crippen MR) is 81.8 cm³/mol. The number of hydrogen-bond donors (Lipinski definition) is 1. The second kappa shape index (κ2) is 6.23. The predicted octanol–water partition coefficient (Wildman–Crippen LogP) is 3.24. The van der Waals surface area contributed by atoms with Gasteiger partial charge in [0.15, 0.2) is 18.2 Å². The Morgan fingerprint density at radius 2 is 2.10 bits per heavy atom. The molecule has 0 saturated heterocycles. The average Bonchev–Trinajstić information content (AvgIpc) is 3.20. The molecule has 3 rings (SSSR count). The number of hydrogen-bond acceptors (Lipinski definition) is 5. The molecule has 0 aliphatic rings. The van der Waals surface area contributed by atoms with E-state index in [1.807, 2.05) is 53.9 Å². The summed E-state index contributed by atoms with van der Waals surface area (Å²) in [6.07, 6.45) is 0. The fourth-order valence-electron chi connectivity index (χ4n) is 1.76. The van der Waals surface area contributed by atoms with Crippen LogP contribution in [0, 0.1) is 0 Å². The molecule has 0 saturated carbocycles. The number of amidine groups is 1. The van der Waals surface area contributed by atoms with E-state index in [0.717, 1.165) is 16.1 Å². The molecule has 0 radical (unpaired) electrons. The van der Waals surface area contributed by atoms with Gasteiger partial charge in [0, 0.05) is 11.6 Å². The smallest absolute Gasteiger partial charge is 0.180 e. The molecule has 0 fully saturated rings. The fourth-order valence-corrected chi connectivity index (χ4v) is 2.38. The third kappa shape index (κ3) is 3.29. The minimum atomic E-state index is 0.186. The summed E-state index contributed by atoms with van der Waals surface area (Å²) in [6, 6.07) is 15.4. The zero-order valence-electron chi connectivity index (χ0n) is 11.1. The third-order valence-electron chi connectivity index (χ3n) is 2.77. The number of rotatable bonds is 5. The molecule has 0 aliphatic carbocycles. The lowest BCUT2D eigenvalue weighted by Crippen LogP contribution is -2.11. The van der Waals surface area contributed by atoms with Gasteiger partial charge in [0.2, 0.25) is 0 Å². The summed E-state index contributed by atoms with van der Waals surface area (Å²) in [5.41, 5.74) is 7.55. The second-order valence-corrected chi connectivity index (χ2v) is 5.22. The highest BCUT2D eigenvalue weighted by molar-refractivity contribution is 7.12. The summed E-state index contributed by atoms with van der Waals surface area (Å²) in [4.78, 5) is 6.06. The van der Waals surface area contributed by atoms with E-state index in [2.05, 4.69) is 10.3 Å². The lowest BCUT2D eigenvalue weighted by molar-refractivity contribution is 0.109. The van der Waals surface area contributed by atoms with Gasteiger partial charge in [-0.3, -0.25) is 0 Å². The zero-order chi connectivity index (χ0) is 14.5. The highest BCUT2D eigenvalue weighted by atomic mass is 32.1. The van der Waals surface area contributed by atoms with E-state index in [0.29, 0.717) is 11.6 Å². The van der Waals surface area contributed by atoms with E-state index in [1.54, 1.807) is 0 Å². The van der Waals surface area contributed by atoms with Crippen LogP contribution in [0.3, 0.4) is 0 Å². The van der Waals surface area contributed by atoms with Crippen LogP contribution in [0.15, 0.2) is 63.6 Å². The van der Waals surface area contributed by atoms with Gasteiger partial charge in [-0.2, -0.15) is 0 Å². The van der Waals surface area contributed by atoms with Crippen molar-refractivity contribution in [3.05, 3.63) is 64.5 Å². The Bertz CT molecular complexity index is 720. The number of thiophene rings is 1. The molecule has 5 nitrogen and oxygen atoms in total. The largest absolute Gasteiger partial charge is 0.386 e. The monoisotopic (exact) mass is 299 g/mol. The molecule has 21 heavy (non-hydrogen) atoms. The first-order chi connectivity index (χ1) is 10.3. The van der Waals surface area contributed by atoms with E-state index < -0.39 is 0 Å². The van der Waals surface area contributed by atoms with Crippen LogP contribution in [-0.2, 0) is 11.4 Å². The topological polar surface area (TPSA) is 73.6 Å². The van der Waals surface area contributed by atoms with Crippen LogP contribution in [0.2, 0.25) is 0 Å². The van der Waals surface area contributed by atoms with Crippen LogP contribution in [0.5, 0.6) is 0 Å². The molecule has 0 spiro atoms. The van der Waals surface area contributed by atoms with E-state index in [9.17, 15) is 0 Å². The Morgan fingerprint density at radius 1 is 1.24 bits per heavy atom. The van der Waals surface area contributed by atoms with Gasteiger partial charge in [-0.25, -0.2) is 0 Å².